The van der Waals surface area contributed by atoms with Gasteiger partial charge in [-0.05, 0) is 19.8 Å². The Hall–Kier alpha value is -0.500. The number of carboxylic acid groups (broad SMARTS) is 1. The number of amides is 1. The van der Waals surface area contributed by atoms with Gasteiger partial charge >= 0.3 is 6.09 Å². The topological polar surface area (TPSA) is 72.8 Å². The minimum absolute atomic E-state index is 0.0275. The molecule has 2 heterocycles. The Balaban J connectivity index is 2.13. The van der Waals surface area contributed by atoms with Gasteiger partial charge in [0, 0.05) is 13.1 Å². The van der Waals surface area contributed by atoms with Gasteiger partial charge < -0.3 is 19.3 Å². The fourth-order valence-electron chi connectivity index (χ4n) is 3.58. The van der Waals surface area contributed by atoms with Crippen LogP contribution >= 0.6 is 0 Å². The number of ether oxygens (including phenoxy) is 1. The maximum atomic E-state index is 12.3. The molecule has 20 heavy (non-hydrogen) atoms. The Labute approximate surface area is 123 Å². The van der Waals surface area contributed by atoms with Crippen molar-refractivity contribution in [3.63, 3.8) is 0 Å². The lowest BCUT2D eigenvalue weighted by molar-refractivity contribution is -0.799. The van der Waals surface area contributed by atoms with Crippen LogP contribution in [0.15, 0.2) is 0 Å². The second kappa shape index (κ2) is 5.71. The summed E-state index contributed by atoms with van der Waals surface area (Å²) in [6.45, 7) is 4.31. The van der Waals surface area contributed by atoms with Crippen LogP contribution in [0.3, 0.4) is 0 Å². The van der Waals surface area contributed by atoms with E-state index in [0.717, 1.165) is 12.8 Å². The van der Waals surface area contributed by atoms with Gasteiger partial charge in [0.05, 0.1) is 12.0 Å². The lowest BCUT2D eigenvalue weighted by Gasteiger charge is -2.45. The van der Waals surface area contributed by atoms with Crippen molar-refractivity contribution in [3.05, 3.63) is 0 Å². The molecule has 2 aliphatic rings. The lowest BCUT2D eigenvalue weighted by Crippen LogP contribution is -2.62. The van der Waals surface area contributed by atoms with Gasteiger partial charge in [-0.3, -0.25) is 0 Å². The molecule has 116 valence electrons. The van der Waals surface area contributed by atoms with Crippen LogP contribution in [0.5, 0.6) is 0 Å². The third kappa shape index (κ3) is 2.64. The molecule has 1 amide bonds. The molecular weight excluding hydrogens is 280 g/mol. The van der Waals surface area contributed by atoms with Crippen molar-refractivity contribution in [2.45, 2.75) is 25.8 Å². The summed E-state index contributed by atoms with van der Waals surface area (Å²) in [5, 5.41) is 9.06. The van der Waals surface area contributed by atoms with Crippen LogP contribution in [-0.4, -0.2) is 76.7 Å². The van der Waals surface area contributed by atoms with Crippen molar-refractivity contribution in [1.29, 1.82) is 0 Å². The third-order valence-corrected chi connectivity index (χ3v) is 6.72. The first-order valence-electron chi connectivity index (χ1n) is 7.12. The summed E-state index contributed by atoms with van der Waals surface area (Å²) in [5.41, 5.74) is -0.0275. The highest BCUT2D eigenvalue weighted by Crippen LogP contribution is 2.44. The van der Waals surface area contributed by atoms with Crippen LogP contribution in [-0.2, 0) is 16.1 Å². The average Bonchev–Trinajstić information content (AvgIpc) is 2.82. The van der Waals surface area contributed by atoms with Crippen LogP contribution in [0, 0.1) is 5.41 Å². The van der Waals surface area contributed by atoms with Gasteiger partial charge in [-0.2, -0.15) is 0 Å². The molecule has 1 unspecified atom stereocenters. The zero-order valence-electron chi connectivity index (χ0n) is 12.5. The summed E-state index contributed by atoms with van der Waals surface area (Å²) in [6, 6.07) is 0.180. The van der Waals surface area contributed by atoms with E-state index in [2.05, 4.69) is 0 Å². The summed E-state index contributed by atoms with van der Waals surface area (Å²) in [7, 11) is 4.01. The van der Waals surface area contributed by atoms with Crippen molar-refractivity contribution in [1.82, 2.24) is 4.90 Å². The Kier molecular flexibility index (Phi) is 4.53. The molecule has 0 aromatic heterocycles. The third-order valence-electron chi connectivity index (χ3n) is 4.92. The normalized spacial score (nSPS) is 27.8. The maximum Gasteiger partial charge on any atom is 0.407 e. The molecule has 0 bridgehead atoms. The molecule has 0 saturated carbocycles. The highest BCUT2D eigenvalue weighted by molar-refractivity contribution is 7.85. The summed E-state index contributed by atoms with van der Waals surface area (Å²) in [4.78, 5) is 12.5. The van der Waals surface area contributed by atoms with Gasteiger partial charge in [0.15, 0.2) is 11.8 Å². The van der Waals surface area contributed by atoms with E-state index >= 15 is 0 Å². The number of likely N-dealkylation sites (N-methyl/N-ethyl adjacent to an activating group) is 1. The molecule has 2 atom stereocenters. The first-order valence-corrected chi connectivity index (χ1v) is 8.39. The largest absolute Gasteiger partial charge is 0.566 e. The first-order chi connectivity index (χ1) is 9.33. The Morgan fingerprint density at radius 1 is 1.50 bits per heavy atom. The number of rotatable bonds is 3. The van der Waals surface area contributed by atoms with Crippen LogP contribution in [0.2, 0.25) is 0 Å². The molecule has 7 heteroatoms. The SMILES string of the molecule is CC[S@@+]([O-])[N+](C)(C)C1COCC12CCN(C(=O)O)CC2. The van der Waals surface area contributed by atoms with Gasteiger partial charge in [-0.1, -0.05) is 0 Å². The molecule has 2 rings (SSSR count). The number of nitrogens with zero attached hydrogens (tertiary/aromatic N) is 2. The number of likely N-dealkylation sites (tertiary alicyclic amines) is 1. The molecule has 0 aliphatic carbocycles. The highest BCUT2D eigenvalue weighted by Gasteiger charge is 2.57. The number of hydrogen-bond acceptors (Lipinski definition) is 3. The summed E-state index contributed by atoms with van der Waals surface area (Å²) in [6.07, 6.45) is 0.750. The molecular formula is C13H25N2O4S+. The van der Waals surface area contributed by atoms with Crippen molar-refractivity contribution < 1.29 is 23.1 Å². The van der Waals surface area contributed by atoms with Gasteiger partial charge in [0.2, 0.25) is 0 Å². The van der Waals surface area contributed by atoms with Crippen LogP contribution in [0.25, 0.3) is 0 Å². The van der Waals surface area contributed by atoms with E-state index in [-0.39, 0.29) is 11.5 Å². The second-order valence-corrected chi connectivity index (χ2v) is 8.37. The van der Waals surface area contributed by atoms with Crippen LogP contribution in [0.1, 0.15) is 19.8 Å². The summed E-state index contributed by atoms with van der Waals surface area (Å²) >= 11 is -0.945. The Morgan fingerprint density at radius 2 is 2.10 bits per heavy atom. The minimum atomic E-state index is -0.945. The number of quaternary nitrogens is 1. The van der Waals surface area contributed by atoms with E-state index < -0.39 is 17.5 Å². The van der Waals surface area contributed by atoms with Crippen LogP contribution in [0.4, 0.5) is 4.79 Å². The van der Waals surface area contributed by atoms with Crippen molar-refractivity contribution in [2.24, 2.45) is 5.41 Å². The molecule has 0 aromatic rings. The van der Waals surface area contributed by atoms with E-state index in [0.29, 0.717) is 35.9 Å². The minimum Gasteiger partial charge on any atom is -0.566 e. The van der Waals surface area contributed by atoms with Gasteiger partial charge in [0.25, 0.3) is 0 Å². The first kappa shape index (κ1) is 15.9. The number of piperidine rings is 1. The predicted molar refractivity (Wildman–Crippen MR) is 76.7 cm³/mol. The Morgan fingerprint density at radius 3 is 2.60 bits per heavy atom. The quantitative estimate of drug-likeness (QED) is 0.621. The van der Waals surface area contributed by atoms with Crippen molar-refractivity contribution >= 4 is 17.5 Å². The molecule has 0 aromatic carbocycles. The standard InChI is InChI=1S/C13H24N2O4S/c1-4-20(18)15(2,3)11-9-19-10-13(11)5-7-14(8-6-13)12(16)17/h11H,4-10H2,1-3H3/p+1/t11?,20-/m1/s1. The Bertz CT molecular complexity index is 369. The average molecular weight is 305 g/mol. The second-order valence-electron chi connectivity index (χ2n) is 6.21. The van der Waals surface area contributed by atoms with Crippen LogP contribution < -0.4 is 0 Å². The van der Waals surface area contributed by atoms with E-state index in [1.54, 1.807) is 0 Å². The van der Waals surface area contributed by atoms with E-state index in [1.165, 1.54) is 4.90 Å². The van der Waals surface area contributed by atoms with Gasteiger partial charge in [-0.15, -0.1) is 3.89 Å². The van der Waals surface area contributed by atoms with Gasteiger partial charge in [-0.25, -0.2) is 4.79 Å². The molecule has 1 spiro atoms. The fraction of sp³-hybridized carbons (Fsp3) is 0.923. The molecule has 6 nitrogen and oxygen atoms in total. The molecule has 2 saturated heterocycles. The smallest absolute Gasteiger partial charge is 0.407 e. The fourth-order valence-corrected chi connectivity index (χ4v) is 4.82. The van der Waals surface area contributed by atoms with Crippen molar-refractivity contribution in [3.8, 4) is 0 Å². The molecule has 2 fully saturated rings. The van der Waals surface area contributed by atoms with Gasteiger partial charge in [0.1, 0.15) is 32.1 Å². The zero-order valence-corrected chi connectivity index (χ0v) is 13.3. The lowest BCUT2D eigenvalue weighted by atomic mass is 9.74. The monoisotopic (exact) mass is 305 g/mol. The van der Waals surface area contributed by atoms with Crippen molar-refractivity contribution in [2.75, 3.05) is 46.2 Å². The van der Waals surface area contributed by atoms with E-state index in [1.807, 2.05) is 21.0 Å². The van der Waals surface area contributed by atoms with E-state index in [4.69, 9.17) is 9.84 Å². The molecule has 2 aliphatic heterocycles. The summed E-state index contributed by atoms with van der Waals surface area (Å²) < 4.78 is 18.5. The maximum absolute atomic E-state index is 12.3. The molecule has 0 radical (unpaired) electrons. The summed E-state index contributed by atoms with van der Waals surface area (Å²) in [5.74, 6) is 0.626. The van der Waals surface area contributed by atoms with E-state index in [9.17, 15) is 9.35 Å². The highest BCUT2D eigenvalue weighted by atomic mass is 32.2. The number of carbonyl (C=O) groups is 1. The molecule has 1 N–H and O–H groups in total. The zero-order chi connectivity index (χ0) is 15.0. The predicted octanol–water partition coefficient (Wildman–Crippen LogP) is 0.905. The number of hydrogen-bond donors (Lipinski definition) is 1.